The van der Waals surface area contributed by atoms with Crippen LogP contribution in [-0.2, 0) is 4.74 Å². The average Bonchev–Trinajstić information content (AvgIpc) is 2.29. The van der Waals surface area contributed by atoms with Gasteiger partial charge in [0, 0.05) is 12.7 Å². The Morgan fingerprint density at radius 2 is 2.44 bits per heavy atom. The number of anilines is 1. The highest BCUT2D eigenvalue weighted by Crippen LogP contribution is 2.23. The number of aryl methyl sites for hydroxylation is 1. The summed E-state index contributed by atoms with van der Waals surface area (Å²) in [5.41, 5.74) is 1.66. The fourth-order valence-electron chi connectivity index (χ4n) is 1.94. The minimum absolute atomic E-state index is 0.273. The fraction of sp³-hybridized carbons (Fsp3) is 0.500. The van der Waals surface area contributed by atoms with Gasteiger partial charge in [-0.15, -0.1) is 0 Å². The van der Waals surface area contributed by atoms with Crippen molar-refractivity contribution in [2.45, 2.75) is 19.9 Å². The molecule has 2 rings (SSSR count). The molecule has 1 unspecified atom stereocenters. The maximum Gasteiger partial charge on any atom is 0.147 e. The molecule has 0 aliphatic carbocycles. The number of rotatable bonds is 1. The summed E-state index contributed by atoms with van der Waals surface area (Å²) in [6.45, 7) is 6.22. The van der Waals surface area contributed by atoms with Crippen LogP contribution in [0, 0.1) is 18.3 Å². The third-order valence-electron chi connectivity index (χ3n) is 2.89. The number of ether oxygens (including phenoxy) is 1. The van der Waals surface area contributed by atoms with E-state index in [2.05, 4.69) is 22.9 Å². The maximum atomic E-state index is 9.17. The Hall–Kier alpha value is -1.60. The van der Waals surface area contributed by atoms with E-state index in [9.17, 15) is 0 Å². The van der Waals surface area contributed by atoms with Crippen LogP contribution >= 0.6 is 0 Å². The van der Waals surface area contributed by atoms with Crippen LogP contribution in [0.3, 0.4) is 0 Å². The Kier molecular flexibility index (Phi) is 3.07. The summed E-state index contributed by atoms with van der Waals surface area (Å²) in [7, 11) is 0. The number of aromatic nitrogens is 1. The Morgan fingerprint density at radius 3 is 3.12 bits per heavy atom. The zero-order valence-corrected chi connectivity index (χ0v) is 9.60. The van der Waals surface area contributed by atoms with Gasteiger partial charge in [-0.2, -0.15) is 5.26 Å². The molecular weight excluding hydrogens is 202 g/mol. The molecule has 1 aromatic rings. The molecular formula is C12H15N3O. The summed E-state index contributed by atoms with van der Waals surface area (Å²) < 4.78 is 5.38. The molecule has 0 amide bonds. The zero-order valence-electron chi connectivity index (χ0n) is 9.60. The predicted molar refractivity (Wildman–Crippen MR) is 61.3 cm³/mol. The molecule has 1 atom stereocenters. The molecule has 1 aliphatic rings. The van der Waals surface area contributed by atoms with Gasteiger partial charge >= 0.3 is 0 Å². The van der Waals surface area contributed by atoms with Gasteiger partial charge in [-0.05, 0) is 25.5 Å². The summed E-state index contributed by atoms with van der Waals surface area (Å²) >= 11 is 0. The van der Waals surface area contributed by atoms with E-state index in [1.165, 1.54) is 0 Å². The number of hydrogen-bond donors (Lipinski definition) is 0. The van der Waals surface area contributed by atoms with Crippen molar-refractivity contribution in [3.63, 3.8) is 0 Å². The monoisotopic (exact) mass is 217 g/mol. The second kappa shape index (κ2) is 4.50. The van der Waals surface area contributed by atoms with Crippen LogP contribution in [0.4, 0.5) is 5.82 Å². The van der Waals surface area contributed by atoms with Crippen LogP contribution in [0.25, 0.3) is 0 Å². The van der Waals surface area contributed by atoms with Crippen molar-refractivity contribution in [2.24, 2.45) is 0 Å². The van der Waals surface area contributed by atoms with E-state index in [0.717, 1.165) is 17.9 Å². The minimum Gasteiger partial charge on any atom is -0.377 e. The summed E-state index contributed by atoms with van der Waals surface area (Å²) in [6, 6.07) is 4.38. The fourth-order valence-corrected chi connectivity index (χ4v) is 1.94. The molecule has 1 aromatic heterocycles. The quantitative estimate of drug-likeness (QED) is 0.715. The van der Waals surface area contributed by atoms with Crippen LogP contribution in [0.5, 0.6) is 0 Å². The molecule has 84 valence electrons. The lowest BCUT2D eigenvalue weighted by Crippen LogP contribution is -2.44. The lowest BCUT2D eigenvalue weighted by Gasteiger charge is -2.34. The lowest BCUT2D eigenvalue weighted by atomic mass is 10.1. The SMILES string of the molecule is Cc1ccnc(N2CCOCC2C)c1C#N. The van der Waals surface area contributed by atoms with Crippen LogP contribution in [0.15, 0.2) is 12.3 Å². The van der Waals surface area contributed by atoms with E-state index in [0.29, 0.717) is 18.8 Å². The summed E-state index contributed by atoms with van der Waals surface area (Å²) in [5.74, 6) is 0.790. The molecule has 0 aromatic carbocycles. The summed E-state index contributed by atoms with van der Waals surface area (Å²) in [5, 5.41) is 9.17. The molecule has 0 saturated carbocycles. The first-order valence-corrected chi connectivity index (χ1v) is 5.44. The molecule has 4 heteroatoms. The van der Waals surface area contributed by atoms with Gasteiger partial charge in [0.25, 0.3) is 0 Å². The average molecular weight is 217 g/mol. The minimum atomic E-state index is 0.273. The van der Waals surface area contributed by atoms with Gasteiger partial charge in [-0.25, -0.2) is 4.98 Å². The number of nitrogens with zero attached hydrogens (tertiary/aromatic N) is 3. The summed E-state index contributed by atoms with van der Waals surface area (Å²) in [6.07, 6.45) is 1.76. The second-order valence-electron chi connectivity index (χ2n) is 4.06. The number of pyridine rings is 1. The van der Waals surface area contributed by atoms with Crippen molar-refractivity contribution >= 4 is 5.82 Å². The molecule has 1 aliphatic heterocycles. The Labute approximate surface area is 95.5 Å². The number of hydrogen-bond acceptors (Lipinski definition) is 4. The molecule has 0 bridgehead atoms. The molecule has 0 radical (unpaired) electrons. The van der Waals surface area contributed by atoms with E-state index in [4.69, 9.17) is 10.00 Å². The van der Waals surface area contributed by atoms with Crippen molar-refractivity contribution in [3.8, 4) is 6.07 Å². The third kappa shape index (κ3) is 1.86. The summed E-state index contributed by atoms with van der Waals surface area (Å²) in [4.78, 5) is 6.48. The van der Waals surface area contributed by atoms with Crippen molar-refractivity contribution in [2.75, 3.05) is 24.7 Å². The topological polar surface area (TPSA) is 49.2 Å². The predicted octanol–water partition coefficient (Wildman–Crippen LogP) is 1.49. The Balaban J connectivity index is 2.39. The highest BCUT2D eigenvalue weighted by atomic mass is 16.5. The highest BCUT2D eigenvalue weighted by Gasteiger charge is 2.23. The van der Waals surface area contributed by atoms with Crippen molar-refractivity contribution in [1.29, 1.82) is 5.26 Å². The van der Waals surface area contributed by atoms with Crippen LogP contribution in [0.1, 0.15) is 18.1 Å². The van der Waals surface area contributed by atoms with E-state index in [1.54, 1.807) is 6.20 Å². The zero-order chi connectivity index (χ0) is 11.5. The molecule has 0 spiro atoms. The molecule has 2 heterocycles. The van der Waals surface area contributed by atoms with Gasteiger partial charge in [0.2, 0.25) is 0 Å². The van der Waals surface area contributed by atoms with Crippen molar-refractivity contribution < 1.29 is 4.74 Å². The Morgan fingerprint density at radius 1 is 1.62 bits per heavy atom. The number of nitriles is 1. The molecule has 4 nitrogen and oxygen atoms in total. The first-order valence-electron chi connectivity index (χ1n) is 5.44. The molecule has 1 fully saturated rings. The molecule has 0 N–H and O–H groups in total. The molecule has 16 heavy (non-hydrogen) atoms. The largest absolute Gasteiger partial charge is 0.377 e. The highest BCUT2D eigenvalue weighted by molar-refractivity contribution is 5.57. The van der Waals surface area contributed by atoms with Crippen molar-refractivity contribution in [3.05, 3.63) is 23.4 Å². The number of morpholine rings is 1. The van der Waals surface area contributed by atoms with Crippen LogP contribution < -0.4 is 4.90 Å². The van der Waals surface area contributed by atoms with Gasteiger partial charge in [0.15, 0.2) is 0 Å². The first-order chi connectivity index (χ1) is 7.74. The third-order valence-corrected chi connectivity index (χ3v) is 2.89. The van der Waals surface area contributed by atoms with E-state index in [1.807, 2.05) is 13.0 Å². The lowest BCUT2D eigenvalue weighted by molar-refractivity contribution is 0.0985. The van der Waals surface area contributed by atoms with E-state index >= 15 is 0 Å². The van der Waals surface area contributed by atoms with Gasteiger partial charge in [-0.1, -0.05) is 0 Å². The van der Waals surface area contributed by atoms with E-state index < -0.39 is 0 Å². The van der Waals surface area contributed by atoms with Gasteiger partial charge in [-0.3, -0.25) is 0 Å². The van der Waals surface area contributed by atoms with Gasteiger partial charge in [0.1, 0.15) is 11.9 Å². The van der Waals surface area contributed by atoms with Gasteiger partial charge in [0.05, 0.1) is 24.8 Å². The molecule has 1 saturated heterocycles. The normalized spacial score (nSPS) is 20.6. The standard InChI is InChI=1S/C12H15N3O/c1-9-3-4-14-12(11(9)7-13)15-5-6-16-8-10(15)2/h3-4,10H,5-6,8H2,1-2H3. The second-order valence-corrected chi connectivity index (χ2v) is 4.06. The van der Waals surface area contributed by atoms with Crippen molar-refractivity contribution in [1.82, 2.24) is 4.98 Å². The first kappa shape index (κ1) is 10.9. The Bertz CT molecular complexity index is 425. The smallest absolute Gasteiger partial charge is 0.147 e. The van der Waals surface area contributed by atoms with Gasteiger partial charge < -0.3 is 9.64 Å². The van der Waals surface area contributed by atoms with E-state index in [-0.39, 0.29) is 6.04 Å². The maximum absolute atomic E-state index is 9.17. The van der Waals surface area contributed by atoms with Crippen LogP contribution in [0.2, 0.25) is 0 Å². The van der Waals surface area contributed by atoms with Crippen LogP contribution in [-0.4, -0.2) is 30.8 Å².